The Morgan fingerprint density at radius 2 is 0.750 bits per heavy atom. The van der Waals surface area contributed by atoms with Gasteiger partial charge in [0.25, 0.3) is 0 Å². The van der Waals surface area contributed by atoms with E-state index in [0.717, 1.165) is 0 Å². The van der Waals surface area contributed by atoms with Crippen LogP contribution in [0.15, 0.2) is 0 Å². The predicted octanol–water partition coefficient (Wildman–Crippen LogP) is -2.05. The molecular formula is H7NNa2Sn. The van der Waals surface area contributed by atoms with Crippen LogP contribution >= 0.6 is 0 Å². The Morgan fingerprint density at radius 3 is 0.750 bits per heavy atom. The summed E-state index contributed by atoms with van der Waals surface area (Å²) in [5.41, 5.74) is 0. The van der Waals surface area contributed by atoms with Crippen LogP contribution in [0.25, 0.3) is 0 Å². The second-order valence-corrected chi connectivity index (χ2v) is 0. The quantitative estimate of drug-likeness (QED) is 0.434. The van der Waals surface area contributed by atoms with Crippen molar-refractivity contribution in [2.45, 2.75) is 0 Å². The Hall–Kier alpha value is 2.76. The van der Waals surface area contributed by atoms with Gasteiger partial charge in [0, 0.05) is 0 Å². The minimum atomic E-state index is 0. The molecule has 0 bridgehead atoms. The van der Waals surface area contributed by atoms with Crippen molar-refractivity contribution >= 4 is 83.0 Å². The Kier molecular flexibility index (Phi) is 126. The third-order valence-corrected chi connectivity index (χ3v) is 0. The summed E-state index contributed by atoms with van der Waals surface area (Å²) < 4.78 is 0. The van der Waals surface area contributed by atoms with Gasteiger partial charge in [-0.25, -0.2) is 0 Å². The number of hydrogen-bond donors (Lipinski definition) is 1. The van der Waals surface area contributed by atoms with E-state index in [4.69, 9.17) is 0 Å². The van der Waals surface area contributed by atoms with Crippen molar-refractivity contribution in [3.8, 4) is 0 Å². The van der Waals surface area contributed by atoms with Gasteiger partial charge in [-0.05, 0) is 0 Å². The number of hydrogen-bond acceptors (Lipinski definition) is 1. The van der Waals surface area contributed by atoms with Gasteiger partial charge in [-0.2, -0.15) is 0 Å². The summed E-state index contributed by atoms with van der Waals surface area (Å²) in [6.45, 7) is 0. The third kappa shape index (κ3) is 8.83. The van der Waals surface area contributed by atoms with Crippen LogP contribution in [0, 0.1) is 0 Å². The molecule has 0 aliphatic rings. The van der Waals surface area contributed by atoms with Crippen molar-refractivity contribution in [2.24, 2.45) is 0 Å². The number of rotatable bonds is 0. The van der Waals surface area contributed by atoms with Crippen LogP contribution in [-0.4, -0.2) is 83.0 Å². The Labute approximate surface area is 87.4 Å². The molecule has 0 saturated heterocycles. The topological polar surface area (TPSA) is 35.0 Å². The maximum atomic E-state index is 0. The van der Waals surface area contributed by atoms with Crippen LogP contribution in [0.2, 0.25) is 0 Å². The van der Waals surface area contributed by atoms with Gasteiger partial charge in [0.2, 0.25) is 0 Å². The van der Waals surface area contributed by atoms with E-state index >= 15 is 0 Å². The summed E-state index contributed by atoms with van der Waals surface area (Å²) in [6, 6.07) is 0. The van der Waals surface area contributed by atoms with Crippen LogP contribution in [-0.2, 0) is 0 Å². The van der Waals surface area contributed by atoms with Crippen molar-refractivity contribution in [1.29, 1.82) is 0 Å². The molecule has 0 aliphatic heterocycles. The molecule has 0 saturated carbocycles. The van der Waals surface area contributed by atoms with Crippen LogP contribution in [0.3, 0.4) is 0 Å². The van der Waals surface area contributed by atoms with Gasteiger partial charge in [-0.3, -0.25) is 0 Å². The molecule has 4 heteroatoms. The standard InChI is InChI=1S/H3N.2Na.Sn.4H/h1H3;;;;;;;. The first-order valence-corrected chi connectivity index (χ1v) is 0. The molecule has 0 unspecified atom stereocenters. The van der Waals surface area contributed by atoms with Crippen LogP contribution in [0.4, 0.5) is 0 Å². The van der Waals surface area contributed by atoms with E-state index < -0.39 is 0 Å². The normalized spacial score (nSPS) is 0. The summed E-state index contributed by atoms with van der Waals surface area (Å²) in [6.07, 6.45) is 0. The molecule has 0 heterocycles. The summed E-state index contributed by atoms with van der Waals surface area (Å²) >= 11 is 0. The fourth-order valence-electron chi connectivity index (χ4n) is 0. The van der Waals surface area contributed by atoms with Crippen molar-refractivity contribution in [2.75, 3.05) is 0 Å². The second kappa shape index (κ2) is 17.1. The van der Waals surface area contributed by atoms with Gasteiger partial charge >= 0.3 is 83.0 Å². The fraction of sp³-hybridized carbons (Fsp3) is 0. The predicted molar refractivity (Wildman–Crippen MR) is 27.9 cm³/mol. The van der Waals surface area contributed by atoms with Gasteiger partial charge in [0.05, 0.1) is 0 Å². The Morgan fingerprint density at radius 1 is 0.750 bits per heavy atom. The van der Waals surface area contributed by atoms with E-state index in [2.05, 4.69) is 0 Å². The van der Waals surface area contributed by atoms with Gasteiger partial charge < -0.3 is 6.15 Å². The Balaban J connectivity index is 0. The van der Waals surface area contributed by atoms with Crippen LogP contribution < -0.4 is 6.15 Å². The third-order valence-electron chi connectivity index (χ3n) is 0. The zero-order valence-corrected chi connectivity index (χ0v) is 5.45. The van der Waals surface area contributed by atoms with Crippen molar-refractivity contribution in [3.05, 3.63) is 0 Å². The van der Waals surface area contributed by atoms with E-state index in [1.165, 1.54) is 0 Å². The molecule has 2 radical (unpaired) electrons. The molecule has 3 N–H and O–H groups in total. The zero-order chi connectivity index (χ0) is 0. The molecule has 18 valence electrons. The van der Waals surface area contributed by atoms with Crippen molar-refractivity contribution < 1.29 is 0 Å². The van der Waals surface area contributed by atoms with E-state index in [-0.39, 0.29) is 89.2 Å². The average Bonchev–Trinajstić information content (AvgIpc) is 0. The molecule has 0 atom stereocenters. The van der Waals surface area contributed by atoms with Gasteiger partial charge in [0.15, 0.2) is 0 Å². The van der Waals surface area contributed by atoms with Gasteiger partial charge in [-0.1, -0.05) is 0 Å². The summed E-state index contributed by atoms with van der Waals surface area (Å²) in [5.74, 6) is 0. The van der Waals surface area contributed by atoms with Crippen molar-refractivity contribution in [3.63, 3.8) is 0 Å². The molecule has 1 nitrogen and oxygen atoms in total. The average molecular weight is 186 g/mol. The van der Waals surface area contributed by atoms with E-state index in [1.807, 2.05) is 0 Å². The summed E-state index contributed by atoms with van der Waals surface area (Å²) in [5, 5.41) is 0. The molecule has 0 rings (SSSR count). The van der Waals surface area contributed by atoms with Gasteiger partial charge in [-0.15, -0.1) is 0 Å². The first-order valence-electron chi connectivity index (χ1n) is 0. The molecule has 0 spiro atoms. The van der Waals surface area contributed by atoms with Gasteiger partial charge in [0.1, 0.15) is 0 Å². The van der Waals surface area contributed by atoms with Crippen LogP contribution in [0.5, 0.6) is 0 Å². The molecule has 0 fully saturated rings. The Bertz CT molecular complexity index is 6.00. The van der Waals surface area contributed by atoms with Crippen molar-refractivity contribution in [1.82, 2.24) is 6.15 Å². The van der Waals surface area contributed by atoms with Crippen LogP contribution in [0.1, 0.15) is 0 Å². The molecule has 0 aliphatic carbocycles. The molecule has 4 heavy (non-hydrogen) atoms. The first-order chi connectivity index (χ1) is 0. The SMILES string of the molecule is N.[NaH].[NaH].[SnH2]. The van der Waals surface area contributed by atoms with E-state index in [9.17, 15) is 0 Å². The minimum absolute atomic E-state index is 0. The summed E-state index contributed by atoms with van der Waals surface area (Å²) in [4.78, 5) is 0. The first kappa shape index (κ1) is 29.5. The second-order valence-electron chi connectivity index (χ2n) is 0. The van der Waals surface area contributed by atoms with E-state index in [1.54, 1.807) is 0 Å². The summed E-state index contributed by atoms with van der Waals surface area (Å²) in [7, 11) is 0. The molecule has 0 aromatic heterocycles. The van der Waals surface area contributed by atoms with E-state index in [0.29, 0.717) is 0 Å². The molecule has 0 aromatic rings. The monoisotopic (exact) mass is 187 g/mol. The molecule has 0 aromatic carbocycles. The zero-order valence-electron chi connectivity index (χ0n) is 1.41. The maximum absolute atomic E-state index is 0. The molecule has 0 amide bonds. The fourth-order valence-corrected chi connectivity index (χ4v) is 0. The molecular weight excluding hydrogens is 179 g/mol.